The number of carbonyl (C=O) groups is 1. The molecule has 1 amide bonds. The third-order valence-electron chi connectivity index (χ3n) is 6.02. The van der Waals surface area contributed by atoms with Crippen LogP contribution in [0.3, 0.4) is 0 Å². The van der Waals surface area contributed by atoms with Gasteiger partial charge in [-0.1, -0.05) is 28.9 Å². The highest BCUT2D eigenvalue weighted by Crippen LogP contribution is 2.43. The highest BCUT2D eigenvalue weighted by atomic mass is 35.5. The van der Waals surface area contributed by atoms with E-state index in [0.29, 0.717) is 23.2 Å². The molecule has 0 saturated carbocycles. The number of nitrogens with zero attached hydrogens (tertiary/aromatic N) is 4. The predicted octanol–water partition coefficient (Wildman–Crippen LogP) is 4.26. The predicted molar refractivity (Wildman–Crippen MR) is 108 cm³/mol. The van der Waals surface area contributed by atoms with Crippen LogP contribution in [0, 0.1) is 0 Å². The lowest BCUT2D eigenvalue weighted by atomic mass is 9.90. The summed E-state index contributed by atoms with van der Waals surface area (Å²) in [5.41, 5.74) is 1.90. The number of piperidine rings is 1. The monoisotopic (exact) mass is 408 g/mol. The van der Waals surface area contributed by atoms with Gasteiger partial charge in [-0.25, -0.2) is 0 Å². The molecule has 1 aromatic carbocycles. The van der Waals surface area contributed by atoms with Gasteiger partial charge in [0.2, 0.25) is 17.6 Å². The number of amides is 1. The van der Waals surface area contributed by atoms with Gasteiger partial charge in [-0.05, 0) is 55.5 Å². The summed E-state index contributed by atoms with van der Waals surface area (Å²) >= 11 is 5.95. The number of carbonyl (C=O) groups excluding carboxylic acids is 1. The van der Waals surface area contributed by atoms with E-state index in [2.05, 4.69) is 20.0 Å². The van der Waals surface area contributed by atoms with Crippen LogP contribution in [0.1, 0.15) is 43.1 Å². The van der Waals surface area contributed by atoms with Crippen molar-refractivity contribution >= 4 is 17.5 Å². The Balaban J connectivity index is 1.28. The molecule has 148 valence electrons. The van der Waals surface area contributed by atoms with Crippen molar-refractivity contribution in [3.8, 4) is 11.4 Å². The van der Waals surface area contributed by atoms with Crippen LogP contribution in [0.2, 0.25) is 5.02 Å². The van der Waals surface area contributed by atoms with E-state index >= 15 is 0 Å². The van der Waals surface area contributed by atoms with Gasteiger partial charge >= 0.3 is 0 Å². The summed E-state index contributed by atoms with van der Waals surface area (Å²) in [6.45, 7) is 0. The van der Waals surface area contributed by atoms with Gasteiger partial charge in [0.25, 0.3) is 0 Å². The number of rotatable bonds is 4. The van der Waals surface area contributed by atoms with Crippen LogP contribution in [0.15, 0.2) is 53.3 Å². The number of pyridine rings is 1. The average molecular weight is 409 g/mol. The van der Waals surface area contributed by atoms with Crippen LogP contribution in [0.4, 0.5) is 0 Å². The lowest BCUT2D eigenvalue weighted by Gasteiger charge is -2.38. The van der Waals surface area contributed by atoms with Crippen molar-refractivity contribution in [2.75, 3.05) is 0 Å². The summed E-state index contributed by atoms with van der Waals surface area (Å²) in [6.07, 6.45) is 7.69. The summed E-state index contributed by atoms with van der Waals surface area (Å²) in [4.78, 5) is 23.7. The van der Waals surface area contributed by atoms with Crippen molar-refractivity contribution < 1.29 is 9.32 Å². The van der Waals surface area contributed by atoms with Crippen LogP contribution < -0.4 is 0 Å². The SMILES string of the molecule is O=C(Cc1ccc(Cl)cc1)N1C2CCC1CC(c1nc(-c3ccncc3)no1)C2. The zero-order valence-corrected chi connectivity index (χ0v) is 16.6. The molecule has 0 spiro atoms. The summed E-state index contributed by atoms with van der Waals surface area (Å²) in [7, 11) is 0. The maximum absolute atomic E-state index is 13.0. The Morgan fingerprint density at radius 3 is 2.45 bits per heavy atom. The molecule has 5 rings (SSSR count). The minimum Gasteiger partial charge on any atom is -0.339 e. The van der Waals surface area contributed by atoms with E-state index in [1.807, 2.05) is 36.4 Å². The number of benzene rings is 1. The Labute approximate surface area is 173 Å². The van der Waals surface area contributed by atoms with Crippen LogP contribution in [0.5, 0.6) is 0 Å². The molecule has 0 N–H and O–H groups in total. The molecule has 2 aliphatic heterocycles. The summed E-state index contributed by atoms with van der Waals surface area (Å²) in [5.74, 6) is 1.67. The Bertz CT molecular complexity index is 991. The second-order valence-corrected chi connectivity index (χ2v) is 8.29. The number of fused-ring (bicyclic) bond motifs is 2. The third kappa shape index (κ3) is 3.65. The minimum atomic E-state index is 0.196. The quantitative estimate of drug-likeness (QED) is 0.644. The maximum Gasteiger partial charge on any atom is 0.230 e. The Morgan fingerprint density at radius 1 is 1.07 bits per heavy atom. The topological polar surface area (TPSA) is 72.1 Å². The number of hydrogen-bond acceptors (Lipinski definition) is 5. The van der Waals surface area contributed by atoms with Crippen molar-refractivity contribution in [3.63, 3.8) is 0 Å². The van der Waals surface area contributed by atoms with E-state index < -0.39 is 0 Å². The largest absolute Gasteiger partial charge is 0.339 e. The zero-order chi connectivity index (χ0) is 19.8. The lowest BCUT2D eigenvalue weighted by Crippen LogP contribution is -2.46. The molecule has 2 bridgehead atoms. The molecule has 3 aromatic rings. The van der Waals surface area contributed by atoms with E-state index in [-0.39, 0.29) is 23.9 Å². The highest BCUT2D eigenvalue weighted by molar-refractivity contribution is 6.30. The van der Waals surface area contributed by atoms with E-state index in [9.17, 15) is 4.79 Å². The molecule has 29 heavy (non-hydrogen) atoms. The van der Waals surface area contributed by atoms with Gasteiger partial charge in [-0.3, -0.25) is 9.78 Å². The molecular weight excluding hydrogens is 388 g/mol. The molecule has 0 aliphatic carbocycles. The van der Waals surface area contributed by atoms with Crippen LogP contribution in [-0.2, 0) is 11.2 Å². The second kappa shape index (κ2) is 7.59. The van der Waals surface area contributed by atoms with E-state index in [4.69, 9.17) is 16.1 Å². The molecule has 2 aliphatic rings. The first-order valence-electron chi connectivity index (χ1n) is 9.97. The van der Waals surface area contributed by atoms with Crippen molar-refractivity contribution in [2.24, 2.45) is 0 Å². The van der Waals surface area contributed by atoms with Crippen LogP contribution in [-0.4, -0.2) is 38.0 Å². The summed E-state index contributed by atoms with van der Waals surface area (Å²) < 4.78 is 5.59. The number of hydrogen-bond donors (Lipinski definition) is 0. The number of aromatic nitrogens is 3. The van der Waals surface area contributed by atoms with Gasteiger partial charge in [0.15, 0.2) is 0 Å². The van der Waals surface area contributed by atoms with E-state index in [1.54, 1.807) is 12.4 Å². The van der Waals surface area contributed by atoms with Crippen LogP contribution in [0.25, 0.3) is 11.4 Å². The first-order chi connectivity index (χ1) is 14.2. The smallest absolute Gasteiger partial charge is 0.230 e. The Morgan fingerprint density at radius 2 is 1.76 bits per heavy atom. The van der Waals surface area contributed by atoms with Gasteiger partial charge in [0.05, 0.1) is 6.42 Å². The molecule has 2 fully saturated rings. The normalized spacial score (nSPS) is 23.3. The van der Waals surface area contributed by atoms with E-state index in [1.165, 1.54) is 0 Å². The molecule has 2 unspecified atom stereocenters. The zero-order valence-electron chi connectivity index (χ0n) is 15.9. The fourth-order valence-corrected chi connectivity index (χ4v) is 4.80. The summed E-state index contributed by atoms with van der Waals surface area (Å²) in [5, 5.41) is 4.83. The van der Waals surface area contributed by atoms with Crippen molar-refractivity contribution in [3.05, 3.63) is 65.3 Å². The standard InChI is InChI=1S/C22H21ClN4O2/c23-17-3-1-14(2-4-17)11-20(28)27-18-5-6-19(27)13-16(12-18)22-25-21(26-29-22)15-7-9-24-10-8-15/h1-4,7-10,16,18-19H,5-6,11-13H2. The van der Waals surface area contributed by atoms with Crippen molar-refractivity contribution in [2.45, 2.75) is 50.1 Å². The average Bonchev–Trinajstić information content (AvgIpc) is 3.33. The molecule has 0 radical (unpaired) electrons. The summed E-state index contributed by atoms with van der Waals surface area (Å²) in [6, 6.07) is 11.8. The first kappa shape index (κ1) is 18.3. The van der Waals surface area contributed by atoms with Crippen molar-refractivity contribution in [1.29, 1.82) is 0 Å². The fraction of sp³-hybridized carbons (Fsp3) is 0.364. The highest BCUT2D eigenvalue weighted by Gasteiger charge is 2.44. The van der Waals surface area contributed by atoms with Crippen LogP contribution >= 0.6 is 11.6 Å². The minimum absolute atomic E-state index is 0.196. The van der Waals surface area contributed by atoms with Gasteiger partial charge < -0.3 is 9.42 Å². The Kier molecular flexibility index (Phi) is 4.79. The molecular formula is C22H21ClN4O2. The first-order valence-corrected chi connectivity index (χ1v) is 10.3. The van der Waals surface area contributed by atoms with Crippen molar-refractivity contribution in [1.82, 2.24) is 20.0 Å². The molecule has 7 heteroatoms. The molecule has 6 nitrogen and oxygen atoms in total. The fourth-order valence-electron chi connectivity index (χ4n) is 4.67. The van der Waals surface area contributed by atoms with Gasteiger partial charge in [-0.15, -0.1) is 0 Å². The number of halogens is 1. The Hall–Kier alpha value is -2.73. The van der Waals surface area contributed by atoms with E-state index in [0.717, 1.165) is 36.8 Å². The molecule has 2 atom stereocenters. The molecule has 4 heterocycles. The van der Waals surface area contributed by atoms with Gasteiger partial charge in [-0.2, -0.15) is 4.98 Å². The maximum atomic E-state index is 13.0. The molecule has 2 aromatic heterocycles. The van der Waals surface area contributed by atoms with Gasteiger partial charge in [0.1, 0.15) is 0 Å². The van der Waals surface area contributed by atoms with Gasteiger partial charge in [0, 0.05) is 41.0 Å². The molecule has 2 saturated heterocycles. The lowest BCUT2D eigenvalue weighted by molar-refractivity contribution is -0.135. The third-order valence-corrected chi connectivity index (χ3v) is 6.27. The second-order valence-electron chi connectivity index (χ2n) is 7.85.